The van der Waals surface area contributed by atoms with Crippen LogP contribution >= 0.6 is 27.5 Å². The Bertz CT molecular complexity index is 595. The lowest BCUT2D eigenvalue weighted by molar-refractivity contribution is 0.0697. The molecule has 0 aliphatic rings. The van der Waals surface area contributed by atoms with Crippen LogP contribution in [0.25, 0.3) is 0 Å². The van der Waals surface area contributed by atoms with Gasteiger partial charge in [0.15, 0.2) is 0 Å². The van der Waals surface area contributed by atoms with Crippen LogP contribution in [0.15, 0.2) is 28.7 Å². The molecule has 1 atom stereocenters. The van der Waals surface area contributed by atoms with Gasteiger partial charge >= 0.3 is 5.97 Å². The topological polar surface area (TPSA) is 62.2 Å². The molecule has 0 aliphatic heterocycles. The summed E-state index contributed by atoms with van der Waals surface area (Å²) in [6.45, 7) is 3.69. The lowest BCUT2D eigenvalue weighted by Gasteiger charge is -2.14. The average Bonchev–Trinajstić information content (AvgIpc) is 2.71. The minimum absolute atomic E-state index is 0.0195. The van der Waals surface area contributed by atoms with E-state index in [1.54, 1.807) is 6.92 Å². The number of carboxylic acid groups (broad SMARTS) is 1. The Kier molecular flexibility index (Phi) is 4.21. The molecule has 19 heavy (non-hydrogen) atoms. The third kappa shape index (κ3) is 3.13. The summed E-state index contributed by atoms with van der Waals surface area (Å²) in [5, 5.41) is 13.0. The van der Waals surface area contributed by atoms with Crippen LogP contribution in [0.4, 0.5) is 5.00 Å². The van der Waals surface area contributed by atoms with Gasteiger partial charge in [0.2, 0.25) is 0 Å². The van der Waals surface area contributed by atoms with E-state index >= 15 is 0 Å². The molecule has 2 aromatic rings. The van der Waals surface area contributed by atoms with E-state index in [4.69, 9.17) is 0 Å². The Labute approximate surface area is 123 Å². The predicted octanol–water partition coefficient (Wildman–Crippen LogP) is 4.09. The molecular weight excluding hydrogens is 328 g/mol. The van der Waals surface area contributed by atoms with Gasteiger partial charge in [0.25, 0.3) is 0 Å². The third-order valence-electron chi connectivity index (χ3n) is 2.79. The summed E-state index contributed by atoms with van der Waals surface area (Å²) in [7, 11) is 0. The number of benzene rings is 1. The van der Waals surface area contributed by atoms with E-state index in [0.717, 1.165) is 10.0 Å². The molecule has 0 saturated heterocycles. The van der Waals surface area contributed by atoms with Crippen LogP contribution < -0.4 is 5.32 Å². The molecule has 100 valence electrons. The lowest BCUT2D eigenvalue weighted by atomic mass is 10.1. The highest BCUT2D eigenvalue weighted by atomic mass is 79.9. The minimum Gasteiger partial charge on any atom is -0.478 e. The van der Waals surface area contributed by atoms with Crippen molar-refractivity contribution in [3.05, 3.63) is 45.6 Å². The van der Waals surface area contributed by atoms with Crippen LogP contribution in [-0.2, 0) is 0 Å². The minimum atomic E-state index is -0.947. The van der Waals surface area contributed by atoms with Crippen molar-refractivity contribution in [1.29, 1.82) is 0 Å². The number of aromatic carboxylic acids is 1. The zero-order valence-electron chi connectivity index (χ0n) is 10.5. The van der Waals surface area contributed by atoms with Crippen molar-refractivity contribution in [3.8, 4) is 0 Å². The van der Waals surface area contributed by atoms with Gasteiger partial charge in [0, 0.05) is 10.5 Å². The molecule has 0 fully saturated rings. The molecule has 0 radical (unpaired) electrons. The Morgan fingerprint density at radius 2 is 2.05 bits per heavy atom. The largest absolute Gasteiger partial charge is 0.478 e. The zero-order valence-corrected chi connectivity index (χ0v) is 12.9. The number of rotatable bonds is 4. The van der Waals surface area contributed by atoms with E-state index in [0.29, 0.717) is 10.7 Å². The van der Waals surface area contributed by atoms with Gasteiger partial charge in [0.1, 0.15) is 10.6 Å². The number of aryl methyl sites for hydroxylation is 1. The summed E-state index contributed by atoms with van der Waals surface area (Å²) in [4.78, 5) is 11.2. The predicted molar refractivity (Wildman–Crippen MR) is 80.0 cm³/mol. The van der Waals surface area contributed by atoms with Crippen molar-refractivity contribution in [1.82, 2.24) is 4.37 Å². The molecule has 1 aromatic heterocycles. The van der Waals surface area contributed by atoms with Gasteiger partial charge in [-0.25, -0.2) is 4.79 Å². The first-order valence-corrected chi connectivity index (χ1v) is 7.27. The summed E-state index contributed by atoms with van der Waals surface area (Å²) >= 11 is 4.57. The van der Waals surface area contributed by atoms with E-state index < -0.39 is 5.97 Å². The molecule has 2 N–H and O–H groups in total. The molecule has 0 spiro atoms. The van der Waals surface area contributed by atoms with Crippen molar-refractivity contribution >= 4 is 38.4 Å². The fourth-order valence-electron chi connectivity index (χ4n) is 1.75. The maximum atomic E-state index is 11.2. The summed E-state index contributed by atoms with van der Waals surface area (Å²) < 4.78 is 5.11. The van der Waals surface area contributed by atoms with Crippen molar-refractivity contribution in [2.45, 2.75) is 19.9 Å². The number of nitrogens with zero attached hydrogens (tertiary/aromatic N) is 1. The summed E-state index contributed by atoms with van der Waals surface area (Å²) in [6.07, 6.45) is 0. The number of hydrogen-bond acceptors (Lipinski definition) is 4. The van der Waals surface area contributed by atoms with Gasteiger partial charge in [-0.15, -0.1) is 0 Å². The van der Waals surface area contributed by atoms with Crippen molar-refractivity contribution in [3.63, 3.8) is 0 Å². The number of carboxylic acids is 1. The smallest absolute Gasteiger partial charge is 0.340 e. The van der Waals surface area contributed by atoms with Crippen LogP contribution in [0.5, 0.6) is 0 Å². The number of hydrogen-bond donors (Lipinski definition) is 2. The molecule has 1 heterocycles. The Balaban J connectivity index is 2.21. The fourth-order valence-corrected chi connectivity index (χ4v) is 2.89. The highest BCUT2D eigenvalue weighted by molar-refractivity contribution is 9.10. The highest BCUT2D eigenvalue weighted by Gasteiger charge is 2.19. The molecule has 1 unspecified atom stereocenters. The van der Waals surface area contributed by atoms with Crippen LogP contribution in [0, 0.1) is 6.92 Å². The summed E-state index contributed by atoms with van der Waals surface area (Å²) in [5.74, 6) is -0.947. The monoisotopic (exact) mass is 340 g/mol. The Morgan fingerprint density at radius 3 is 2.63 bits per heavy atom. The second-order valence-corrected chi connectivity index (χ2v) is 5.88. The van der Waals surface area contributed by atoms with Gasteiger partial charge in [-0.1, -0.05) is 28.1 Å². The molecule has 0 bridgehead atoms. The van der Waals surface area contributed by atoms with Gasteiger partial charge in [-0.2, -0.15) is 4.37 Å². The molecule has 2 rings (SSSR count). The van der Waals surface area contributed by atoms with Crippen LogP contribution in [0.3, 0.4) is 0 Å². The molecule has 1 aromatic carbocycles. The standard InChI is InChI=1S/C13H13BrN2O2S/c1-7(9-3-5-10(14)6-4-9)15-12-11(13(17)18)8(2)16-19-12/h3-7,15H,1-2H3,(H,17,18). The first kappa shape index (κ1) is 14.0. The zero-order chi connectivity index (χ0) is 14.0. The quantitative estimate of drug-likeness (QED) is 0.879. The number of halogens is 1. The van der Waals surface area contributed by atoms with Gasteiger partial charge < -0.3 is 10.4 Å². The Hall–Kier alpha value is -1.40. The third-order valence-corrected chi connectivity index (χ3v) is 4.19. The highest BCUT2D eigenvalue weighted by Crippen LogP contribution is 2.29. The van der Waals surface area contributed by atoms with E-state index in [1.807, 2.05) is 31.2 Å². The van der Waals surface area contributed by atoms with Crippen LogP contribution in [0.2, 0.25) is 0 Å². The number of anilines is 1. The molecule has 0 amide bonds. The van der Waals surface area contributed by atoms with E-state index in [-0.39, 0.29) is 11.6 Å². The average molecular weight is 341 g/mol. The first-order chi connectivity index (χ1) is 8.99. The molecule has 6 heteroatoms. The second kappa shape index (κ2) is 5.71. The summed E-state index contributed by atoms with van der Waals surface area (Å²) in [6, 6.07) is 7.94. The van der Waals surface area contributed by atoms with E-state index in [9.17, 15) is 9.90 Å². The SMILES string of the molecule is Cc1nsc(NC(C)c2ccc(Br)cc2)c1C(=O)O. The van der Waals surface area contributed by atoms with E-state index in [2.05, 4.69) is 25.6 Å². The van der Waals surface area contributed by atoms with Crippen molar-refractivity contribution in [2.75, 3.05) is 5.32 Å². The molecule has 0 aliphatic carbocycles. The van der Waals surface area contributed by atoms with E-state index in [1.165, 1.54) is 11.5 Å². The maximum Gasteiger partial charge on any atom is 0.340 e. The van der Waals surface area contributed by atoms with Gasteiger partial charge in [-0.05, 0) is 43.1 Å². The normalized spacial score (nSPS) is 12.2. The number of nitrogens with one attached hydrogen (secondary N) is 1. The molecule has 0 saturated carbocycles. The number of aromatic nitrogens is 1. The van der Waals surface area contributed by atoms with Crippen LogP contribution in [-0.4, -0.2) is 15.4 Å². The molecule has 4 nitrogen and oxygen atoms in total. The van der Waals surface area contributed by atoms with Crippen molar-refractivity contribution in [2.24, 2.45) is 0 Å². The molecular formula is C13H13BrN2O2S. The fraction of sp³-hybridized carbons (Fsp3) is 0.231. The number of carbonyl (C=O) groups is 1. The van der Waals surface area contributed by atoms with Gasteiger partial charge in [0.05, 0.1) is 5.69 Å². The Morgan fingerprint density at radius 1 is 1.42 bits per heavy atom. The van der Waals surface area contributed by atoms with Gasteiger partial charge in [-0.3, -0.25) is 0 Å². The summed E-state index contributed by atoms with van der Waals surface area (Å²) in [5.41, 5.74) is 1.89. The maximum absolute atomic E-state index is 11.2. The second-order valence-electron chi connectivity index (χ2n) is 4.19. The van der Waals surface area contributed by atoms with Crippen molar-refractivity contribution < 1.29 is 9.90 Å². The first-order valence-electron chi connectivity index (χ1n) is 5.70. The lowest BCUT2D eigenvalue weighted by Crippen LogP contribution is -2.09. The van der Waals surface area contributed by atoms with Crippen LogP contribution in [0.1, 0.15) is 34.6 Å².